The monoisotopic (exact) mass is 487 g/mol. The topological polar surface area (TPSA) is 131 Å². The summed E-state index contributed by atoms with van der Waals surface area (Å²) in [5.41, 5.74) is 3.07. The zero-order valence-electron chi connectivity index (χ0n) is 19.4. The molecule has 8 nitrogen and oxygen atoms in total. The molecule has 4 aromatic rings. The average molecular weight is 488 g/mol. The third kappa shape index (κ3) is 5.75. The van der Waals surface area contributed by atoms with Crippen LogP contribution in [0.15, 0.2) is 72.8 Å². The first-order valence-electron chi connectivity index (χ1n) is 11.5. The molecule has 3 aromatic carbocycles. The van der Waals surface area contributed by atoms with E-state index in [1.807, 2.05) is 54.6 Å². The van der Waals surface area contributed by atoms with E-state index in [0.29, 0.717) is 25.2 Å². The van der Waals surface area contributed by atoms with E-state index in [0.717, 1.165) is 22.2 Å². The number of hydrogen-bond acceptors (Lipinski definition) is 4. The number of carbonyl (C=O) groups excluding carboxylic acids is 1. The lowest BCUT2D eigenvalue weighted by molar-refractivity contribution is 0.0690. The fourth-order valence-electron chi connectivity index (χ4n) is 3.97. The van der Waals surface area contributed by atoms with Gasteiger partial charge in [-0.2, -0.15) is 0 Å². The van der Waals surface area contributed by atoms with Crippen LogP contribution in [0, 0.1) is 5.41 Å². The first-order valence-corrected chi connectivity index (χ1v) is 11.5. The highest BCUT2D eigenvalue weighted by molar-refractivity contribution is 6.05. The molecule has 0 aliphatic carbocycles. The molecule has 0 unspecified atom stereocenters. The lowest BCUT2D eigenvalue weighted by Crippen LogP contribution is -2.32. The normalized spacial score (nSPS) is 11.7. The summed E-state index contributed by atoms with van der Waals surface area (Å²) >= 11 is 0. The van der Waals surface area contributed by atoms with Crippen LogP contribution < -0.4 is 10.6 Å². The van der Waals surface area contributed by atoms with Gasteiger partial charge in [0.25, 0.3) is 5.91 Å². The number of halogens is 1. The van der Waals surface area contributed by atoms with Gasteiger partial charge in [-0.05, 0) is 48.2 Å². The smallest absolute Gasteiger partial charge is 0.336 e. The minimum atomic E-state index is -1.20. The van der Waals surface area contributed by atoms with Crippen LogP contribution in [0.4, 0.5) is 4.39 Å². The number of benzene rings is 3. The maximum atomic E-state index is 13.4. The van der Waals surface area contributed by atoms with Crippen LogP contribution in [0.1, 0.15) is 45.4 Å². The van der Waals surface area contributed by atoms with Gasteiger partial charge >= 0.3 is 5.97 Å². The van der Waals surface area contributed by atoms with Crippen molar-refractivity contribution in [2.45, 2.75) is 18.9 Å². The summed E-state index contributed by atoms with van der Waals surface area (Å²) in [6, 6.07) is 21.0. The number of aromatic amines is 1. The Bertz CT molecular complexity index is 1350. The van der Waals surface area contributed by atoms with Crippen molar-refractivity contribution in [2.24, 2.45) is 0 Å². The molecule has 36 heavy (non-hydrogen) atoms. The van der Waals surface area contributed by atoms with Crippen molar-refractivity contribution in [2.75, 3.05) is 13.2 Å². The molecule has 9 heteroatoms. The van der Waals surface area contributed by atoms with Crippen LogP contribution in [-0.2, 0) is 0 Å². The largest absolute Gasteiger partial charge is 0.478 e. The number of carboxylic acid groups (broad SMARTS) is 1. The van der Waals surface area contributed by atoms with Crippen LogP contribution in [-0.4, -0.2) is 46.0 Å². The van der Waals surface area contributed by atoms with Crippen LogP contribution in [0.25, 0.3) is 22.2 Å². The van der Waals surface area contributed by atoms with Gasteiger partial charge in [0, 0.05) is 6.54 Å². The summed E-state index contributed by atoms with van der Waals surface area (Å²) in [4.78, 5) is 33.1. The lowest BCUT2D eigenvalue weighted by atomic mass is 9.98. The van der Waals surface area contributed by atoms with Gasteiger partial charge in [-0.25, -0.2) is 14.2 Å². The van der Waals surface area contributed by atoms with Crippen molar-refractivity contribution in [1.82, 2.24) is 20.6 Å². The molecule has 1 heterocycles. The lowest BCUT2D eigenvalue weighted by Gasteiger charge is -2.18. The molecular formula is C27H26FN5O3. The fraction of sp³-hybridized carbons (Fsp3) is 0.185. The van der Waals surface area contributed by atoms with E-state index >= 15 is 0 Å². The zero-order valence-corrected chi connectivity index (χ0v) is 19.4. The molecule has 0 saturated carbocycles. The molecule has 1 aromatic heterocycles. The number of aromatic carboxylic acids is 1. The van der Waals surface area contributed by atoms with Gasteiger partial charge in [-0.1, -0.05) is 48.5 Å². The SMILES string of the molecule is N=C(CF)NCCC[C@H](NC(=O)c1cc(-c2ccccc2)ccc1C(=O)O)c1nc2ccccc2[nH]1. The molecule has 0 radical (unpaired) electrons. The molecule has 5 N–H and O–H groups in total. The molecule has 1 atom stereocenters. The summed E-state index contributed by atoms with van der Waals surface area (Å²) in [5.74, 6) is -1.42. The Hall–Kier alpha value is -4.53. The average Bonchev–Trinajstić information content (AvgIpc) is 3.34. The van der Waals surface area contributed by atoms with Gasteiger partial charge in [-0.15, -0.1) is 0 Å². The summed E-state index contributed by atoms with van der Waals surface area (Å²) in [7, 11) is 0. The Morgan fingerprint density at radius 1 is 1.00 bits per heavy atom. The Morgan fingerprint density at radius 2 is 1.75 bits per heavy atom. The second-order valence-corrected chi connectivity index (χ2v) is 8.28. The zero-order chi connectivity index (χ0) is 25.5. The standard InChI is InChI=1S/C27H26FN5O3/c28-16-24(29)30-14-6-11-23(25-31-21-9-4-5-10-22(21)32-25)33-26(34)20-15-18(12-13-19(20)27(35)36)17-7-2-1-3-8-17/h1-5,7-10,12-13,15,23H,6,11,14,16H2,(H2,29,30)(H,31,32)(H,33,34)(H,35,36)/t23-/m0/s1. The number of nitrogens with one attached hydrogen (secondary N) is 4. The maximum Gasteiger partial charge on any atom is 0.336 e. The van der Waals surface area contributed by atoms with Crippen LogP contribution in [0.5, 0.6) is 0 Å². The number of amidine groups is 1. The highest BCUT2D eigenvalue weighted by atomic mass is 19.1. The Labute approximate surface area is 207 Å². The number of fused-ring (bicyclic) bond motifs is 1. The molecule has 0 aliphatic heterocycles. The number of amides is 1. The van der Waals surface area contributed by atoms with Crippen LogP contribution >= 0.6 is 0 Å². The highest BCUT2D eigenvalue weighted by Gasteiger charge is 2.23. The molecule has 0 aliphatic rings. The number of hydrogen-bond donors (Lipinski definition) is 5. The Kier molecular flexibility index (Phi) is 7.69. The molecular weight excluding hydrogens is 461 g/mol. The summed E-state index contributed by atoms with van der Waals surface area (Å²) < 4.78 is 12.6. The number of alkyl halides is 1. The number of carbonyl (C=O) groups is 2. The van der Waals surface area contributed by atoms with E-state index < -0.39 is 24.6 Å². The predicted molar refractivity (Wildman–Crippen MR) is 136 cm³/mol. The minimum absolute atomic E-state index is 0.0438. The molecule has 1 amide bonds. The first-order chi connectivity index (χ1) is 17.5. The number of H-pyrrole nitrogens is 1. The molecule has 0 fully saturated rings. The second kappa shape index (κ2) is 11.3. The van der Waals surface area contributed by atoms with Gasteiger partial charge in [0.15, 0.2) is 0 Å². The van der Waals surface area contributed by atoms with Crippen molar-refractivity contribution in [1.29, 1.82) is 5.41 Å². The van der Waals surface area contributed by atoms with E-state index in [2.05, 4.69) is 20.6 Å². The summed E-state index contributed by atoms with van der Waals surface area (Å²) in [6.45, 7) is -0.529. The van der Waals surface area contributed by atoms with E-state index in [4.69, 9.17) is 5.41 Å². The number of rotatable bonds is 10. The molecule has 184 valence electrons. The summed E-state index contributed by atoms with van der Waals surface area (Å²) in [5, 5.41) is 22.7. The number of aromatic nitrogens is 2. The van der Waals surface area contributed by atoms with E-state index in [9.17, 15) is 19.1 Å². The van der Waals surface area contributed by atoms with Crippen LogP contribution in [0.2, 0.25) is 0 Å². The highest BCUT2D eigenvalue weighted by Crippen LogP contribution is 2.25. The Balaban J connectivity index is 1.62. The van der Waals surface area contributed by atoms with Gasteiger partial charge in [0.2, 0.25) is 0 Å². The van der Waals surface area contributed by atoms with Gasteiger partial charge in [-0.3, -0.25) is 10.2 Å². The quantitative estimate of drug-likeness (QED) is 0.126. The minimum Gasteiger partial charge on any atom is -0.478 e. The van der Waals surface area contributed by atoms with Crippen molar-refractivity contribution in [3.8, 4) is 11.1 Å². The second-order valence-electron chi connectivity index (χ2n) is 8.28. The van der Waals surface area contributed by atoms with E-state index in [1.54, 1.807) is 12.1 Å². The number of nitrogens with zero attached hydrogens (tertiary/aromatic N) is 1. The van der Waals surface area contributed by atoms with Crippen molar-refractivity contribution >= 4 is 28.7 Å². The summed E-state index contributed by atoms with van der Waals surface area (Å²) in [6.07, 6.45) is 0.944. The Morgan fingerprint density at radius 3 is 2.47 bits per heavy atom. The number of carboxylic acids is 1. The fourth-order valence-corrected chi connectivity index (χ4v) is 3.97. The van der Waals surface area contributed by atoms with Crippen molar-refractivity contribution < 1.29 is 19.1 Å². The molecule has 0 bridgehead atoms. The van der Waals surface area contributed by atoms with Crippen molar-refractivity contribution in [3.05, 3.63) is 89.7 Å². The van der Waals surface area contributed by atoms with Gasteiger partial charge in [0.1, 0.15) is 18.3 Å². The first kappa shape index (κ1) is 24.6. The third-order valence-electron chi connectivity index (χ3n) is 5.79. The maximum absolute atomic E-state index is 13.4. The van der Waals surface area contributed by atoms with E-state index in [1.165, 1.54) is 6.07 Å². The number of para-hydroxylation sites is 2. The third-order valence-corrected chi connectivity index (χ3v) is 5.79. The molecule has 4 rings (SSSR count). The van der Waals surface area contributed by atoms with Crippen molar-refractivity contribution in [3.63, 3.8) is 0 Å². The van der Waals surface area contributed by atoms with Gasteiger partial charge in [0.05, 0.1) is 28.2 Å². The molecule has 0 spiro atoms. The van der Waals surface area contributed by atoms with E-state index in [-0.39, 0.29) is 17.0 Å². The number of imidazole rings is 1. The van der Waals surface area contributed by atoms with Gasteiger partial charge < -0.3 is 20.7 Å². The van der Waals surface area contributed by atoms with Crippen LogP contribution in [0.3, 0.4) is 0 Å². The predicted octanol–water partition coefficient (Wildman–Crippen LogP) is 4.72. The molecule has 0 saturated heterocycles.